The zero-order valence-electron chi connectivity index (χ0n) is 10.4. The van der Waals surface area contributed by atoms with Crippen molar-refractivity contribution in [1.82, 2.24) is 4.90 Å². The van der Waals surface area contributed by atoms with E-state index in [1.54, 1.807) is 12.1 Å². The van der Waals surface area contributed by atoms with Gasteiger partial charge in [0.05, 0.1) is 18.8 Å². The van der Waals surface area contributed by atoms with Crippen molar-refractivity contribution in [2.45, 2.75) is 12.8 Å². The molecule has 0 amide bonds. The fraction of sp³-hybridized carbons (Fsp3) is 0.500. The maximum Gasteiger partial charge on any atom is 0.140 e. The second kappa shape index (κ2) is 6.48. The lowest BCUT2D eigenvalue weighted by atomic mass is 10.1. The number of ether oxygens (including phenoxy) is 1. The average molecular weight is 248 g/mol. The fourth-order valence-electron chi connectivity index (χ4n) is 2.15. The van der Waals surface area contributed by atoms with Gasteiger partial charge in [-0.2, -0.15) is 5.26 Å². The van der Waals surface area contributed by atoms with Crippen molar-refractivity contribution >= 4 is 0 Å². The number of morpholine rings is 1. The van der Waals surface area contributed by atoms with E-state index in [1.165, 1.54) is 6.07 Å². The first-order valence-corrected chi connectivity index (χ1v) is 6.28. The van der Waals surface area contributed by atoms with Gasteiger partial charge in [-0.15, -0.1) is 0 Å². The molecule has 3 nitrogen and oxygen atoms in total. The second-order valence-electron chi connectivity index (χ2n) is 4.48. The number of hydrogen-bond acceptors (Lipinski definition) is 3. The normalized spacial score (nSPS) is 16.4. The number of nitrogens with zero attached hydrogens (tertiary/aromatic N) is 2. The molecule has 96 valence electrons. The van der Waals surface area contributed by atoms with Gasteiger partial charge in [-0.25, -0.2) is 4.39 Å². The van der Waals surface area contributed by atoms with Crippen molar-refractivity contribution in [2.75, 3.05) is 32.8 Å². The Hall–Kier alpha value is -1.44. The quantitative estimate of drug-likeness (QED) is 0.817. The lowest BCUT2D eigenvalue weighted by Gasteiger charge is -2.26. The Bertz CT molecular complexity index is 436. The van der Waals surface area contributed by atoms with Crippen LogP contribution in [0.2, 0.25) is 0 Å². The minimum Gasteiger partial charge on any atom is -0.379 e. The Kier molecular flexibility index (Phi) is 4.68. The first-order chi connectivity index (χ1) is 8.79. The predicted octanol–water partition coefficient (Wildman–Crippen LogP) is 1.96. The molecule has 0 bridgehead atoms. The molecular weight excluding hydrogens is 231 g/mol. The summed E-state index contributed by atoms with van der Waals surface area (Å²) >= 11 is 0. The average Bonchev–Trinajstić information content (AvgIpc) is 2.42. The summed E-state index contributed by atoms with van der Waals surface area (Å²) in [7, 11) is 0. The summed E-state index contributed by atoms with van der Waals surface area (Å²) < 4.78 is 18.4. The summed E-state index contributed by atoms with van der Waals surface area (Å²) in [4.78, 5) is 2.37. The fourth-order valence-corrected chi connectivity index (χ4v) is 2.15. The molecule has 0 radical (unpaired) electrons. The largest absolute Gasteiger partial charge is 0.379 e. The molecule has 0 N–H and O–H groups in total. The van der Waals surface area contributed by atoms with Gasteiger partial charge in [-0.3, -0.25) is 4.90 Å². The Morgan fingerprint density at radius 3 is 2.83 bits per heavy atom. The van der Waals surface area contributed by atoms with E-state index in [4.69, 9.17) is 10.00 Å². The molecule has 2 rings (SSSR count). The molecule has 1 aliphatic heterocycles. The molecular formula is C14H17FN2O. The molecule has 4 heteroatoms. The summed E-state index contributed by atoms with van der Waals surface area (Å²) in [6.45, 7) is 4.65. The van der Waals surface area contributed by atoms with E-state index in [1.807, 2.05) is 6.07 Å². The van der Waals surface area contributed by atoms with E-state index in [0.29, 0.717) is 0 Å². The van der Waals surface area contributed by atoms with Crippen LogP contribution < -0.4 is 0 Å². The molecule has 0 unspecified atom stereocenters. The lowest BCUT2D eigenvalue weighted by molar-refractivity contribution is 0.0374. The Morgan fingerprint density at radius 1 is 1.33 bits per heavy atom. The summed E-state index contributed by atoms with van der Waals surface area (Å²) in [5, 5.41) is 8.76. The second-order valence-corrected chi connectivity index (χ2v) is 4.48. The van der Waals surface area contributed by atoms with E-state index in [2.05, 4.69) is 4.90 Å². The van der Waals surface area contributed by atoms with E-state index >= 15 is 0 Å². The third-order valence-electron chi connectivity index (χ3n) is 3.19. The SMILES string of the molecule is N#Cc1cc(CCCN2CCOCC2)ccc1F. The molecule has 1 aromatic rings. The standard InChI is InChI=1S/C14H17FN2O/c15-14-4-3-12(10-13(14)11-16)2-1-5-17-6-8-18-9-7-17/h3-4,10H,1-2,5-9H2. The molecule has 0 spiro atoms. The topological polar surface area (TPSA) is 36.3 Å². The van der Waals surface area contributed by atoms with E-state index in [0.717, 1.165) is 51.3 Å². The zero-order valence-corrected chi connectivity index (χ0v) is 10.4. The van der Waals surface area contributed by atoms with Crippen molar-refractivity contribution in [3.8, 4) is 6.07 Å². The van der Waals surface area contributed by atoms with Crippen LogP contribution in [-0.2, 0) is 11.2 Å². The van der Waals surface area contributed by atoms with E-state index in [9.17, 15) is 4.39 Å². The van der Waals surface area contributed by atoms with Gasteiger partial charge >= 0.3 is 0 Å². The van der Waals surface area contributed by atoms with Gasteiger partial charge in [0.15, 0.2) is 0 Å². The van der Waals surface area contributed by atoms with Gasteiger partial charge in [-0.1, -0.05) is 6.07 Å². The van der Waals surface area contributed by atoms with Crippen LogP contribution in [0, 0.1) is 17.1 Å². The van der Waals surface area contributed by atoms with Crippen LogP contribution in [0.25, 0.3) is 0 Å². The summed E-state index contributed by atoms with van der Waals surface area (Å²) in [5.74, 6) is -0.436. The molecule has 1 fully saturated rings. The van der Waals surface area contributed by atoms with E-state index < -0.39 is 5.82 Å². The molecule has 0 saturated carbocycles. The number of nitriles is 1. The Balaban J connectivity index is 1.81. The maximum absolute atomic E-state index is 13.1. The van der Waals surface area contributed by atoms with Crippen LogP contribution in [0.1, 0.15) is 17.5 Å². The molecule has 0 aliphatic carbocycles. The minimum atomic E-state index is -0.436. The first-order valence-electron chi connectivity index (χ1n) is 6.28. The van der Waals surface area contributed by atoms with Gasteiger partial charge in [0.2, 0.25) is 0 Å². The first kappa shape index (κ1) is 13.0. The molecule has 0 atom stereocenters. The number of hydrogen-bond donors (Lipinski definition) is 0. The van der Waals surface area contributed by atoms with Crippen molar-refractivity contribution < 1.29 is 9.13 Å². The smallest absolute Gasteiger partial charge is 0.140 e. The lowest BCUT2D eigenvalue weighted by Crippen LogP contribution is -2.36. The van der Waals surface area contributed by atoms with Crippen LogP contribution >= 0.6 is 0 Å². The zero-order chi connectivity index (χ0) is 12.8. The molecule has 1 aromatic carbocycles. The maximum atomic E-state index is 13.1. The molecule has 1 heterocycles. The number of aryl methyl sites for hydroxylation is 1. The highest BCUT2D eigenvalue weighted by molar-refractivity contribution is 5.34. The molecule has 1 saturated heterocycles. The highest BCUT2D eigenvalue weighted by Gasteiger charge is 2.09. The Labute approximate surface area is 107 Å². The minimum absolute atomic E-state index is 0.138. The van der Waals surface area contributed by atoms with Crippen LogP contribution in [0.3, 0.4) is 0 Å². The monoisotopic (exact) mass is 248 g/mol. The highest BCUT2D eigenvalue weighted by atomic mass is 19.1. The van der Waals surface area contributed by atoms with Crippen molar-refractivity contribution in [3.63, 3.8) is 0 Å². The third kappa shape index (κ3) is 3.52. The third-order valence-corrected chi connectivity index (χ3v) is 3.19. The number of halogens is 1. The van der Waals surface area contributed by atoms with Crippen LogP contribution in [-0.4, -0.2) is 37.7 Å². The molecule has 0 aromatic heterocycles. The highest BCUT2D eigenvalue weighted by Crippen LogP contribution is 2.11. The summed E-state index contributed by atoms with van der Waals surface area (Å²) in [5.41, 5.74) is 1.17. The van der Waals surface area contributed by atoms with Crippen molar-refractivity contribution in [3.05, 3.63) is 35.1 Å². The van der Waals surface area contributed by atoms with Crippen LogP contribution in [0.4, 0.5) is 4.39 Å². The van der Waals surface area contributed by atoms with Crippen molar-refractivity contribution in [2.24, 2.45) is 0 Å². The van der Waals surface area contributed by atoms with Crippen molar-refractivity contribution in [1.29, 1.82) is 5.26 Å². The van der Waals surface area contributed by atoms with Gasteiger partial charge in [0, 0.05) is 13.1 Å². The van der Waals surface area contributed by atoms with Gasteiger partial charge in [0.25, 0.3) is 0 Å². The predicted molar refractivity (Wildman–Crippen MR) is 66.7 cm³/mol. The van der Waals surface area contributed by atoms with Gasteiger partial charge in [0.1, 0.15) is 11.9 Å². The van der Waals surface area contributed by atoms with Gasteiger partial charge in [-0.05, 0) is 37.1 Å². The number of benzene rings is 1. The van der Waals surface area contributed by atoms with E-state index in [-0.39, 0.29) is 5.56 Å². The summed E-state index contributed by atoms with van der Waals surface area (Å²) in [6.07, 6.45) is 1.91. The molecule has 1 aliphatic rings. The molecule has 18 heavy (non-hydrogen) atoms. The van der Waals surface area contributed by atoms with Crippen LogP contribution in [0.15, 0.2) is 18.2 Å². The van der Waals surface area contributed by atoms with Crippen LogP contribution in [0.5, 0.6) is 0 Å². The Morgan fingerprint density at radius 2 is 2.11 bits per heavy atom. The summed E-state index contributed by atoms with van der Waals surface area (Å²) in [6, 6.07) is 6.66. The van der Waals surface area contributed by atoms with Gasteiger partial charge < -0.3 is 4.74 Å². The number of rotatable bonds is 4.